The van der Waals surface area contributed by atoms with Crippen molar-refractivity contribution in [2.75, 3.05) is 7.11 Å². The number of alkyl carbamates (subject to hydrolysis) is 1. The zero-order valence-electron chi connectivity index (χ0n) is 12.9. The first-order valence-corrected chi connectivity index (χ1v) is 7.30. The van der Waals surface area contributed by atoms with Crippen molar-refractivity contribution in [2.45, 2.75) is 70.4 Å². The number of rotatable bonds is 2. The Hall–Kier alpha value is -1.26. The Morgan fingerprint density at radius 1 is 1.00 bits per heavy atom. The Balaban J connectivity index is 1.97. The number of carbonyl (C=O) groups excluding carboxylic acids is 2. The van der Waals surface area contributed by atoms with E-state index in [2.05, 4.69) is 5.32 Å². The monoisotopic (exact) mass is 283 g/mol. The number of nitrogens with one attached hydrogen (secondary N) is 1. The van der Waals surface area contributed by atoms with Crippen molar-refractivity contribution in [2.24, 2.45) is 5.41 Å². The molecule has 2 bridgehead atoms. The first kappa shape index (κ1) is 15.1. The normalized spacial score (nSPS) is 32.6. The van der Waals surface area contributed by atoms with Crippen LogP contribution in [0.1, 0.15) is 59.3 Å². The van der Waals surface area contributed by atoms with Crippen LogP contribution in [0, 0.1) is 5.41 Å². The summed E-state index contributed by atoms with van der Waals surface area (Å²) in [5, 5.41) is 3.04. The van der Waals surface area contributed by atoms with Crippen molar-refractivity contribution in [3.8, 4) is 0 Å². The molecule has 3 aliphatic rings. The fourth-order valence-corrected chi connectivity index (χ4v) is 3.42. The van der Waals surface area contributed by atoms with Gasteiger partial charge in [-0.25, -0.2) is 4.79 Å². The number of methoxy groups -OCH3 is 1. The zero-order chi connectivity index (χ0) is 15.0. The Morgan fingerprint density at radius 2 is 1.50 bits per heavy atom. The Labute approximate surface area is 120 Å². The summed E-state index contributed by atoms with van der Waals surface area (Å²) in [6.07, 6.45) is 4.47. The van der Waals surface area contributed by atoms with Gasteiger partial charge in [0.2, 0.25) is 0 Å². The molecule has 0 radical (unpaired) electrons. The van der Waals surface area contributed by atoms with E-state index in [9.17, 15) is 9.59 Å². The van der Waals surface area contributed by atoms with Crippen molar-refractivity contribution in [1.82, 2.24) is 5.32 Å². The molecule has 3 saturated carbocycles. The molecule has 114 valence electrons. The number of fused-ring (bicyclic) bond motifs is 3. The Morgan fingerprint density at radius 3 is 1.90 bits per heavy atom. The van der Waals surface area contributed by atoms with Crippen LogP contribution in [-0.2, 0) is 14.3 Å². The van der Waals surface area contributed by atoms with Gasteiger partial charge in [-0.3, -0.25) is 4.79 Å². The van der Waals surface area contributed by atoms with Crippen molar-refractivity contribution >= 4 is 12.1 Å². The van der Waals surface area contributed by atoms with Gasteiger partial charge in [-0.2, -0.15) is 0 Å². The van der Waals surface area contributed by atoms with E-state index >= 15 is 0 Å². The molecule has 0 aromatic rings. The summed E-state index contributed by atoms with van der Waals surface area (Å²) >= 11 is 0. The second-order valence-corrected chi connectivity index (χ2v) is 7.18. The highest BCUT2D eigenvalue weighted by Gasteiger charge is 2.53. The quantitative estimate of drug-likeness (QED) is 0.791. The largest absolute Gasteiger partial charge is 0.469 e. The number of hydrogen-bond donors (Lipinski definition) is 1. The Bertz CT molecular complexity index is 386. The van der Waals surface area contributed by atoms with Crippen molar-refractivity contribution < 1.29 is 19.1 Å². The maximum atomic E-state index is 12.0. The highest BCUT2D eigenvalue weighted by atomic mass is 16.6. The maximum Gasteiger partial charge on any atom is 0.408 e. The lowest BCUT2D eigenvalue weighted by atomic mass is 9.57. The van der Waals surface area contributed by atoms with E-state index in [-0.39, 0.29) is 23.0 Å². The molecule has 1 N–H and O–H groups in total. The predicted molar refractivity (Wildman–Crippen MR) is 74.3 cm³/mol. The third-order valence-electron chi connectivity index (χ3n) is 4.63. The molecule has 3 rings (SSSR count). The average molecular weight is 283 g/mol. The van der Waals surface area contributed by atoms with E-state index in [4.69, 9.17) is 9.47 Å². The third-order valence-corrected chi connectivity index (χ3v) is 4.63. The highest BCUT2D eigenvalue weighted by Crippen LogP contribution is 2.52. The van der Waals surface area contributed by atoms with Crippen LogP contribution in [0.25, 0.3) is 0 Å². The SMILES string of the molecule is COC(=O)C12CCC(NC(=O)OC(C)(C)C)(CC1)CC2. The molecular weight excluding hydrogens is 258 g/mol. The fraction of sp³-hybridized carbons (Fsp3) is 0.867. The lowest BCUT2D eigenvalue weighted by Gasteiger charge is -2.51. The number of esters is 1. The summed E-state index contributed by atoms with van der Waals surface area (Å²) < 4.78 is 10.3. The first-order chi connectivity index (χ1) is 9.20. The summed E-state index contributed by atoms with van der Waals surface area (Å²) in [7, 11) is 1.45. The van der Waals surface area contributed by atoms with Gasteiger partial charge in [-0.1, -0.05) is 0 Å². The minimum Gasteiger partial charge on any atom is -0.469 e. The number of carbonyl (C=O) groups is 2. The number of amides is 1. The molecule has 0 unspecified atom stereocenters. The van der Waals surface area contributed by atoms with E-state index in [0.29, 0.717) is 0 Å². The molecule has 3 aliphatic carbocycles. The molecule has 0 heterocycles. The van der Waals surface area contributed by atoms with Crippen LogP contribution in [0.3, 0.4) is 0 Å². The predicted octanol–water partition coefficient (Wildman–Crippen LogP) is 2.78. The standard InChI is InChI=1S/C15H25NO4/c1-13(2,3)20-12(18)16-15-8-5-14(6-9-15,7-10-15)11(17)19-4/h5-10H2,1-4H3,(H,16,18). The summed E-state index contributed by atoms with van der Waals surface area (Å²) in [5.74, 6) is -0.0944. The minimum atomic E-state index is -0.486. The molecule has 0 atom stereocenters. The average Bonchev–Trinajstić information content (AvgIpc) is 2.37. The summed E-state index contributed by atoms with van der Waals surface area (Å²) in [5.41, 5.74) is -0.996. The molecule has 20 heavy (non-hydrogen) atoms. The fourth-order valence-electron chi connectivity index (χ4n) is 3.42. The van der Waals surface area contributed by atoms with Gasteiger partial charge in [0.15, 0.2) is 0 Å². The lowest BCUT2D eigenvalue weighted by Crippen LogP contribution is -2.59. The molecular formula is C15H25NO4. The maximum absolute atomic E-state index is 12.0. The molecule has 0 saturated heterocycles. The van der Waals surface area contributed by atoms with Crippen molar-refractivity contribution in [3.63, 3.8) is 0 Å². The van der Waals surface area contributed by atoms with Crippen molar-refractivity contribution in [3.05, 3.63) is 0 Å². The summed E-state index contributed by atoms with van der Waals surface area (Å²) in [6.45, 7) is 5.57. The number of ether oxygens (including phenoxy) is 2. The van der Waals surface area contributed by atoms with Gasteiger partial charge in [-0.05, 0) is 59.3 Å². The van der Waals surface area contributed by atoms with Crippen LogP contribution in [0.4, 0.5) is 4.79 Å². The van der Waals surface area contributed by atoms with Crippen LogP contribution < -0.4 is 5.32 Å². The van der Waals surface area contributed by atoms with E-state index in [1.165, 1.54) is 7.11 Å². The zero-order valence-corrected chi connectivity index (χ0v) is 12.9. The van der Waals surface area contributed by atoms with Gasteiger partial charge in [0.1, 0.15) is 5.60 Å². The topological polar surface area (TPSA) is 64.6 Å². The molecule has 0 spiro atoms. The van der Waals surface area contributed by atoms with Gasteiger partial charge < -0.3 is 14.8 Å². The second kappa shape index (κ2) is 4.93. The first-order valence-electron chi connectivity index (χ1n) is 7.30. The third kappa shape index (κ3) is 2.91. The molecule has 0 aliphatic heterocycles. The van der Waals surface area contributed by atoms with E-state index in [1.54, 1.807) is 0 Å². The van der Waals surface area contributed by atoms with Gasteiger partial charge in [0.25, 0.3) is 0 Å². The molecule has 0 aromatic heterocycles. The Kier molecular flexibility index (Phi) is 3.73. The lowest BCUT2D eigenvalue weighted by molar-refractivity contribution is -0.160. The molecule has 3 fully saturated rings. The minimum absolute atomic E-state index is 0.0944. The van der Waals surface area contributed by atoms with Crippen LogP contribution in [-0.4, -0.2) is 30.3 Å². The van der Waals surface area contributed by atoms with Gasteiger partial charge in [-0.15, -0.1) is 0 Å². The molecule has 5 heteroatoms. The number of hydrogen-bond acceptors (Lipinski definition) is 4. The van der Waals surface area contributed by atoms with Crippen LogP contribution in [0.5, 0.6) is 0 Å². The molecule has 5 nitrogen and oxygen atoms in total. The van der Waals surface area contributed by atoms with E-state index in [1.807, 2.05) is 20.8 Å². The second-order valence-electron chi connectivity index (χ2n) is 7.18. The summed E-state index contributed by atoms with van der Waals surface area (Å²) in [6, 6.07) is 0. The van der Waals surface area contributed by atoms with Gasteiger partial charge in [0, 0.05) is 5.54 Å². The van der Waals surface area contributed by atoms with Crippen LogP contribution in [0.15, 0.2) is 0 Å². The van der Waals surface area contributed by atoms with Crippen LogP contribution >= 0.6 is 0 Å². The molecule has 1 amide bonds. The highest BCUT2D eigenvalue weighted by molar-refractivity contribution is 5.77. The smallest absolute Gasteiger partial charge is 0.408 e. The van der Waals surface area contributed by atoms with Crippen LogP contribution in [0.2, 0.25) is 0 Å². The summed E-state index contributed by atoms with van der Waals surface area (Å²) in [4.78, 5) is 23.9. The van der Waals surface area contributed by atoms with E-state index < -0.39 is 5.60 Å². The van der Waals surface area contributed by atoms with Gasteiger partial charge >= 0.3 is 12.1 Å². The van der Waals surface area contributed by atoms with Crippen molar-refractivity contribution in [1.29, 1.82) is 0 Å². The molecule has 0 aromatic carbocycles. The van der Waals surface area contributed by atoms with E-state index in [0.717, 1.165) is 38.5 Å². The van der Waals surface area contributed by atoms with Gasteiger partial charge in [0.05, 0.1) is 12.5 Å².